The monoisotopic (exact) mass is 466 g/mol. The van der Waals surface area contributed by atoms with Gasteiger partial charge in [-0.25, -0.2) is 17.2 Å². The van der Waals surface area contributed by atoms with Crippen LogP contribution in [0.5, 0.6) is 0 Å². The molecule has 0 bridgehead atoms. The highest BCUT2D eigenvalue weighted by Crippen LogP contribution is 2.35. The minimum absolute atomic E-state index is 0.0460. The van der Waals surface area contributed by atoms with Gasteiger partial charge < -0.3 is 15.7 Å². The van der Waals surface area contributed by atoms with Gasteiger partial charge in [0, 0.05) is 24.7 Å². The fraction of sp³-hybridized carbons (Fsp3) is 0.500. The van der Waals surface area contributed by atoms with Crippen LogP contribution in [0.1, 0.15) is 62.4 Å². The molecule has 0 fully saturated rings. The van der Waals surface area contributed by atoms with Crippen LogP contribution in [0.4, 0.5) is 8.78 Å². The summed E-state index contributed by atoms with van der Waals surface area (Å²) in [4.78, 5) is 0.340. The first-order chi connectivity index (χ1) is 14.9. The summed E-state index contributed by atoms with van der Waals surface area (Å²) in [5, 5.41) is 16.9. The van der Waals surface area contributed by atoms with Gasteiger partial charge in [-0.2, -0.15) is 0 Å². The molecule has 1 aliphatic heterocycles. The highest BCUT2D eigenvalue weighted by Gasteiger charge is 2.32. The molecule has 0 aliphatic carbocycles. The maximum atomic E-state index is 13.6. The van der Waals surface area contributed by atoms with Crippen LogP contribution in [-0.4, -0.2) is 39.0 Å². The zero-order valence-electron chi connectivity index (χ0n) is 19.0. The molecule has 1 aliphatic rings. The summed E-state index contributed by atoms with van der Waals surface area (Å²) in [6, 6.07) is 8.18. The Hall–Kier alpha value is -1.87. The number of sulfone groups is 1. The lowest BCUT2D eigenvalue weighted by atomic mass is 9.85. The molecule has 176 valence electrons. The van der Waals surface area contributed by atoms with Crippen molar-refractivity contribution in [1.29, 1.82) is 0 Å². The number of hydrogen-bond donors (Lipinski definition) is 3. The molecule has 0 saturated heterocycles. The van der Waals surface area contributed by atoms with E-state index in [1.807, 2.05) is 12.1 Å². The number of fused-ring (bicyclic) bond motifs is 1. The normalized spacial score (nSPS) is 19.9. The van der Waals surface area contributed by atoms with E-state index in [-0.39, 0.29) is 30.2 Å². The molecule has 0 aromatic heterocycles. The van der Waals surface area contributed by atoms with Crippen molar-refractivity contribution in [2.24, 2.45) is 0 Å². The molecule has 3 atom stereocenters. The van der Waals surface area contributed by atoms with Crippen LogP contribution in [0, 0.1) is 11.6 Å². The molecule has 0 amide bonds. The summed E-state index contributed by atoms with van der Waals surface area (Å²) in [5.41, 5.74) is 2.07. The SMILES string of the molecule is CNC(CC(O)CNC1CCS(=O)(=O)c2ccc(C(C)(C)C)cc21)c1cc(F)cc(F)c1. The smallest absolute Gasteiger partial charge is 0.178 e. The minimum Gasteiger partial charge on any atom is -0.392 e. The Morgan fingerprint density at radius 1 is 1.12 bits per heavy atom. The third-order valence-electron chi connectivity index (χ3n) is 6.00. The third-order valence-corrected chi connectivity index (χ3v) is 7.82. The number of halogens is 2. The van der Waals surface area contributed by atoms with E-state index in [4.69, 9.17) is 0 Å². The molecule has 0 spiro atoms. The maximum Gasteiger partial charge on any atom is 0.178 e. The number of aliphatic hydroxyl groups excluding tert-OH is 1. The van der Waals surface area contributed by atoms with E-state index in [1.165, 1.54) is 12.1 Å². The second-order valence-electron chi connectivity index (χ2n) is 9.50. The maximum absolute atomic E-state index is 13.6. The highest BCUT2D eigenvalue weighted by atomic mass is 32.2. The molecule has 3 N–H and O–H groups in total. The summed E-state index contributed by atoms with van der Waals surface area (Å²) in [6.45, 7) is 6.45. The highest BCUT2D eigenvalue weighted by molar-refractivity contribution is 7.91. The molecule has 5 nitrogen and oxygen atoms in total. The van der Waals surface area contributed by atoms with E-state index in [1.54, 1.807) is 13.1 Å². The van der Waals surface area contributed by atoms with E-state index in [2.05, 4.69) is 31.4 Å². The van der Waals surface area contributed by atoms with Gasteiger partial charge in [0.15, 0.2) is 9.84 Å². The third kappa shape index (κ3) is 5.73. The molecule has 8 heteroatoms. The largest absolute Gasteiger partial charge is 0.392 e. The predicted octanol–water partition coefficient (Wildman–Crippen LogP) is 3.78. The molecule has 1 heterocycles. The predicted molar refractivity (Wildman–Crippen MR) is 121 cm³/mol. The molecule has 3 unspecified atom stereocenters. The van der Waals surface area contributed by atoms with Crippen molar-refractivity contribution in [2.75, 3.05) is 19.3 Å². The van der Waals surface area contributed by atoms with Crippen molar-refractivity contribution in [1.82, 2.24) is 10.6 Å². The van der Waals surface area contributed by atoms with Crippen molar-refractivity contribution in [3.05, 3.63) is 64.7 Å². The number of aliphatic hydroxyl groups is 1. The van der Waals surface area contributed by atoms with Gasteiger partial charge in [0.1, 0.15) is 11.6 Å². The van der Waals surface area contributed by atoms with E-state index in [0.717, 1.165) is 17.2 Å². The molecule has 3 rings (SSSR count). The van der Waals surface area contributed by atoms with E-state index < -0.39 is 33.6 Å². The van der Waals surface area contributed by atoms with Gasteiger partial charge in [-0.15, -0.1) is 0 Å². The number of benzene rings is 2. The van der Waals surface area contributed by atoms with Crippen LogP contribution in [0.25, 0.3) is 0 Å². The van der Waals surface area contributed by atoms with Crippen LogP contribution in [0.2, 0.25) is 0 Å². The Morgan fingerprint density at radius 3 is 2.38 bits per heavy atom. The van der Waals surface area contributed by atoms with Crippen LogP contribution < -0.4 is 10.6 Å². The van der Waals surface area contributed by atoms with Crippen molar-refractivity contribution < 1.29 is 22.3 Å². The quantitative estimate of drug-likeness (QED) is 0.579. The molecule has 2 aromatic carbocycles. The van der Waals surface area contributed by atoms with Crippen molar-refractivity contribution >= 4 is 9.84 Å². The molecule has 2 aromatic rings. The van der Waals surface area contributed by atoms with Gasteiger partial charge in [-0.3, -0.25) is 0 Å². The van der Waals surface area contributed by atoms with Gasteiger partial charge in [0.2, 0.25) is 0 Å². The van der Waals surface area contributed by atoms with Crippen molar-refractivity contribution in [3.63, 3.8) is 0 Å². The van der Waals surface area contributed by atoms with Gasteiger partial charge >= 0.3 is 0 Å². The minimum atomic E-state index is -3.33. The molecule has 0 radical (unpaired) electrons. The van der Waals surface area contributed by atoms with Crippen molar-refractivity contribution in [3.8, 4) is 0 Å². The first-order valence-corrected chi connectivity index (χ1v) is 12.5. The Kier molecular flexibility index (Phi) is 7.39. The Balaban J connectivity index is 1.74. The average molecular weight is 467 g/mol. The van der Waals surface area contributed by atoms with Crippen LogP contribution >= 0.6 is 0 Å². The lowest BCUT2D eigenvalue weighted by Crippen LogP contribution is -2.36. The fourth-order valence-electron chi connectivity index (χ4n) is 4.15. The van der Waals surface area contributed by atoms with E-state index in [0.29, 0.717) is 16.9 Å². The van der Waals surface area contributed by atoms with E-state index in [9.17, 15) is 22.3 Å². The van der Waals surface area contributed by atoms with Crippen LogP contribution in [0.15, 0.2) is 41.3 Å². The second kappa shape index (κ2) is 9.55. The number of rotatable bonds is 7. The Morgan fingerprint density at radius 2 is 1.78 bits per heavy atom. The van der Waals surface area contributed by atoms with Gasteiger partial charge in [-0.1, -0.05) is 32.9 Å². The van der Waals surface area contributed by atoms with E-state index >= 15 is 0 Å². The topological polar surface area (TPSA) is 78.4 Å². The van der Waals surface area contributed by atoms with Gasteiger partial charge in [0.05, 0.1) is 16.8 Å². The summed E-state index contributed by atoms with van der Waals surface area (Å²) >= 11 is 0. The summed E-state index contributed by atoms with van der Waals surface area (Å²) < 4.78 is 52.3. The Labute approximate surface area is 189 Å². The first kappa shape index (κ1) is 24.8. The lowest BCUT2D eigenvalue weighted by molar-refractivity contribution is 0.143. The molecular weight excluding hydrogens is 434 g/mol. The summed E-state index contributed by atoms with van der Waals surface area (Å²) in [6.07, 6.45) is -0.140. The van der Waals surface area contributed by atoms with Crippen LogP contribution in [-0.2, 0) is 15.3 Å². The summed E-state index contributed by atoms with van der Waals surface area (Å²) in [7, 11) is -1.66. The van der Waals surface area contributed by atoms with Crippen molar-refractivity contribution in [2.45, 2.75) is 62.1 Å². The molecule has 32 heavy (non-hydrogen) atoms. The molecular formula is C24H32F2N2O3S. The number of hydrogen-bond acceptors (Lipinski definition) is 5. The average Bonchev–Trinajstić information content (AvgIpc) is 2.69. The zero-order valence-corrected chi connectivity index (χ0v) is 19.8. The second-order valence-corrected chi connectivity index (χ2v) is 11.6. The fourth-order valence-corrected chi connectivity index (χ4v) is 5.75. The lowest BCUT2D eigenvalue weighted by Gasteiger charge is -2.30. The number of nitrogens with one attached hydrogen (secondary N) is 2. The zero-order chi connectivity index (χ0) is 23.7. The first-order valence-electron chi connectivity index (χ1n) is 10.8. The van der Waals surface area contributed by atoms with Gasteiger partial charge in [0.25, 0.3) is 0 Å². The van der Waals surface area contributed by atoms with Gasteiger partial charge in [-0.05, 0) is 60.2 Å². The Bertz CT molecular complexity index is 1050. The van der Waals surface area contributed by atoms with Crippen LogP contribution in [0.3, 0.4) is 0 Å². The molecule has 0 saturated carbocycles. The summed E-state index contributed by atoms with van der Waals surface area (Å²) in [5.74, 6) is -1.28. The standard InChI is InChI=1S/C24H32F2N2O3S/c1-24(2,3)16-5-6-23-20(11-16)21(7-8-32(23,30)31)28-14-19(29)13-22(27-4)15-9-17(25)12-18(26)10-15/h5-6,9-12,19,21-22,27-29H,7-8,13-14H2,1-4H3.